The Kier molecular flexibility index (Phi) is 5.89. The van der Waals surface area contributed by atoms with Crippen LogP contribution < -0.4 is 0 Å². The number of hydrogen-bond donors (Lipinski definition) is 1. The molecular weight excluding hydrogens is 289 g/mol. The highest BCUT2D eigenvalue weighted by Crippen LogP contribution is 2.17. The SMILES string of the molecule is O=C(O)CCN(C(=O)Cc1ccc(F)cc1)C1CCOCC1. The molecule has 1 heterocycles. The van der Waals surface area contributed by atoms with Crippen molar-refractivity contribution in [2.24, 2.45) is 0 Å². The molecule has 22 heavy (non-hydrogen) atoms. The van der Waals surface area contributed by atoms with Crippen LogP contribution in [0.15, 0.2) is 24.3 Å². The third kappa shape index (κ3) is 4.80. The molecule has 0 bridgehead atoms. The first-order chi connectivity index (χ1) is 10.6. The normalized spacial score (nSPS) is 15.5. The van der Waals surface area contributed by atoms with E-state index in [1.807, 2.05) is 0 Å². The van der Waals surface area contributed by atoms with Gasteiger partial charge < -0.3 is 14.7 Å². The van der Waals surface area contributed by atoms with E-state index in [1.165, 1.54) is 12.1 Å². The summed E-state index contributed by atoms with van der Waals surface area (Å²) in [7, 11) is 0. The first-order valence-corrected chi connectivity index (χ1v) is 7.39. The first kappa shape index (κ1) is 16.4. The molecule has 5 nitrogen and oxygen atoms in total. The summed E-state index contributed by atoms with van der Waals surface area (Å²) in [5, 5.41) is 8.86. The molecule has 0 aliphatic carbocycles. The van der Waals surface area contributed by atoms with Gasteiger partial charge in [0.1, 0.15) is 5.82 Å². The number of aliphatic carboxylic acids is 1. The fourth-order valence-corrected chi connectivity index (χ4v) is 2.60. The number of carboxylic acids is 1. The topological polar surface area (TPSA) is 66.8 Å². The van der Waals surface area contributed by atoms with Gasteiger partial charge in [0.2, 0.25) is 5.91 Å². The van der Waals surface area contributed by atoms with E-state index in [0.29, 0.717) is 13.2 Å². The van der Waals surface area contributed by atoms with Crippen molar-refractivity contribution in [2.45, 2.75) is 31.7 Å². The number of halogens is 1. The molecule has 6 heteroatoms. The average Bonchev–Trinajstić information content (AvgIpc) is 2.50. The van der Waals surface area contributed by atoms with E-state index in [-0.39, 0.29) is 37.2 Å². The fourth-order valence-electron chi connectivity index (χ4n) is 2.60. The van der Waals surface area contributed by atoms with E-state index in [0.717, 1.165) is 18.4 Å². The summed E-state index contributed by atoms with van der Waals surface area (Å²) in [6.07, 6.45) is 1.51. The van der Waals surface area contributed by atoms with E-state index < -0.39 is 5.97 Å². The second kappa shape index (κ2) is 7.89. The molecule has 0 unspecified atom stereocenters. The number of carbonyl (C=O) groups excluding carboxylic acids is 1. The minimum absolute atomic E-state index is 0.0149. The van der Waals surface area contributed by atoms with Crippen molar-refractivity contribution in [1.82, 2.24) is 4.90 Å². The minimum atomic E-state index is -0.924. The molecule has 1 aromatic rings. The fraction of sp³-hybridized carbons (Fsp3) is 0.500. The Morgan fingerprint density at radius 2 is 1.86 bits per heavy atom. The first-order valence-electron chi connectivity index (χ1n) is 7.39. The molecular formula is C16H20FNO4. The zero-order valence-corrected chi connectivity index (χ0v) is 12.3. The van der Waals surface area contributed by atoms with Crippen LogP contribution in [-0.4, -0.2) is 47.7 Å². The Morgan fingerprint density at radius 1 is 1.23 bits per heavy atom. The summed E-state index contributed by atoms with van der Waals surface area (Å²) in [6, 6.07) is 5.80. The maximum absolute atomic E-state index is 12.9. The standard InChI is InChI=1S/C16H20FNO4/c17-13-3-1-12(2-4-13)11-15(19)18(8-5-16(20)21)14-6-9-22-10-7-14/h1-4,14H,5-11H2,(H,20,21). The van der Waals surface area contributed by atoms with Crippen LogP contribution in [0.3, 0.4) is 0 Å². The lowest BCUT2D eigenvalue weighted by atomic mass is 10.0. The number of carboxylic acid groups (broad SMARTS) is 1. The number of nitrogens with zero attached hydrogens (tertiary/aromatic N) is 1. The summed E-state index contributed by atoms with van der Waals surface area (Å²) in [5.74, 6) is -1.39. The van der Waals surface area contributed by atoms with E-state index >= 15 is 0 Å². The third-order valence-corrected chi connectivity index (χ3v) is 3.79. The van der Waals surface area contributed by atoms with Gasteiger partial charge in [-0.1, -0.05) is 12.1 Å². The molecule has 2 rings (SSSR count). The van der Waals surface area contributed by atoms with Gasteiger partial charge in [-0.05, 0) is 30.5 Å². The minimum Gasteiger partial charge on any atom is -0.481 e. The van der Waals surface area contributed by atoms with Crippen molar-refractivity contribution in [2.75, 3.05) is 19.8 Å². The van der Waals surface area contributed by atoms with Gasteiger partial charge in [-0.3, -0.25) is 9.59 Å². The highest BCUT2D eigenvalue weighted by molar-refractivity contribution is 5.79. The van der Waals surface area contributed by atoms with Crippen LogP contribution in [0.4, 0.5) is 4.39 Å². The highest BCUT2D eigenvalue weighted by atomic mass is 19.1. The molecule has 0 saturated carbocycles. The monoisotopic (exact) mass is 309 g/mol. The second-order valence-corrected chi connectivity index (χ2v) is 5.38. The van der Waals surface area contributed by atoms with Crippen molar-refractivity contribution in [3.63, 3.8) is 0 Å². The third-order valence-electron chi connectivity index (χ3n) is 3.79. The number of carbonyl (C=O) groups is 2. The van der Waals surface area contributed by atoms with E-state index in [1.54, 1.807) is 17.0 Å². The lowest BCUT2D eigenvalue weighted by molar-refractivity contribution is -0.140. The van der Waals surface area contributed by atoms with Crippen LogP contribution in [0.5, 0.6) is 0 Å². The lowest BCUT2D eigenvalue weighted by Crippen LogP contribution is -2.45. The number of amides is 1. The molecule has 1 aliphatic heterocycles. The number of ether oxygens (including phenoxy) is 1. The van der Waals surface area contributed by atoms with E-state index in [2.05, 4.69) is 0 Å². The maximum Gasteiger partial charge on any atom is 0.305 e. The molecule has 1 N–H and O–H groups in total. The lowest BCUT2D eigenvalue weighted by Gasteiger charge is -2.34. The summed E-state index contributed by atoms with van der Waals surface area (Å²) in [5.41, 5.74) is 0.721. The summed E-state index contributed by atoms with van der Waals surface area (Å²) >= 11 is 0. The smallest absolute Gasteiger partial charge is 0.305 e. The van der Waals surface area contributed by atoms with Gasteiger partial charge in [0.05, 0.1) is 12.8 Å². The highest BCUT2D eigenvalue weighted by Gasteiger charge is 2.26. The largest absolute Gasteiger partial charge is 0.481 e. The molecule has 0 atom stereocenters. The van der Waals surface area contributed by atoms with Gasteiger partial charge >= 0.3 is 5.97 Å². The predicted octanol–water partition coefficient (Wildman–Crippen LogP) is 1.85. The van der Waals surface area contributed by atoms with Gasteiger partial charge in [0.15, 0.2) is 0 Å². The Balaban J connectivity index is 2.03. The molecule has 1 amide bonds. The van der Waals surface area contributed by atoms with Crippen LogP contribution in [0.25, 0.3) is 0 Å². The summed E-state index contributed by atoms with van der Waals surface area (Å²) in [4.78, 5) is 24.9. The molecule has 1 saturated heterocycles. The van der Waals surface area contributed by atoms with Gasteiger partial charge in [0.25, 0.3) is 0 Å². The predicted molar refractivity (Wildman–Crippen MR) is 77.9 cm³/mol. The zero-order chi connectivity index (χ0) is 15.9. The van der Waals surface area contributed by atoms with Crippen LogP contribution >= 0.6 is 0 Å². The van der Waals surface area contributed by atoms with Crippen LogP contribution in [0.1, 0.15) is 24.8 Å². The number of rotatable bonds is 6. The van der Waals surface area contributed by atoms with Crippen LogP contribution in [0.2, 0.25) is 0 Å². The van der Waals surface area contributed by atoms with Gasteiger partial charge in [-0.25, -0.2) is 4.39 Å². The van der Waals surface area contributed by atoms with Crippen LogP contribution in [0, 0.1) is 5.82 Å². The molecule has 120 valence electrons. The Bertz CT molecular complexity index is 511. The quantitative estimate of drug-likeness (QED) is 0.871. The average molecular weight is 309 g/mol. The van der Waals surface area contributed by atoms with Gasteiger partial charge in [-0.2, -0.15) is 0 Å². The van der Waals surface area contributed by atoms with Crippen molar-refractivity contribution in [3.8, 4) is 0 Å². The zero-order valence-electron chi connectivity index (χ0n) is 12.3. The summed E-state index contributed by atoms with van der Waals surface area (Å²) < 4.78 is 18.2. The molecule has 0 radical (unpaired) electrons. The molecule has 0 spiro atoms. The van der Waals surface area contributed by atoms with Gasteiger partial charge in [-0.15, -0.1) is 0 Å². The molecule has 0 aromatic heterocycles. The van der Waals surface area contributed by atoms with Crippen molar-refractivity contribution < 1.29 is 23.8 Å². The van der Waals surface area contributed by atoms with E-state index in [4.69, 9.17) is 9.84 Å². The van der Waals surface area contributed by atoms with Crippen molar-refractivity contribution in [3.05, 3.63) is 35.6 Å². The second-order valence-electron chi connectivity index (χ2n) is 5.38. The summed E-state index contributed by atoms with van der Waals surface area (Å²) in [6.45, 7) is 1.36. The van der Waals surface area contributed by atoms with Crippen molar-refractivity contribution >= 4 is 11.9 Å². The molecule has 1 aromatic carbocycles. The Morgan fingerprint density at radius 3 is 2.45 bits per heavy atom. The number of hydrogen-bond acceptors (Lipinski definition) is 3. The van der Waals surface area contributed by atoms with E-state index in [9.17, 15) is 14.0 Å². The molecule has 1 aliphatic rings. The number of benzene rings is 1. The van der Waals surface area contributed by atoms with Crippen molar-refractivity contribution in [1.29, 1.82) is 0 Å². The Hall–Kier alpha value is -1.95. The molecule has 1 fully saturated rings. The Labute approximate surface area is 128 Å². The van der Waals surface area contributed by atoms with Gasteiger partial charge in [0, 0.05) is 25.8 Å². The van der Waals surface area contributed by atoms with Crippen LogP contribution in [-0.2, 0) is 20.7 Å². The maximum atomic E-state index is 12.9.